The number of β-amino-alcohol motifs (C(OH)–C–C–N with tert-alkyl or cyclic N) is 1. The molecule has 1 amide bonds. The molecule has 2 aliphatic rings. The number of aromatic nitrogens is 1. The molecule has 2 aromatic rings. The SMILES string of the molecule is O=C(c1coc(CC2CC2)n1)N1CC(O)CC1c1cccc(F)c1. The minimum atomic E-state index is -0.625. The Kier molecular flexibility index (Phi) is 3.84. The smallest absolute Gasteiger partial charge is 0.276 e. The van der Waals surface area contributed by atoms with E-state index in [4.69, 9.17) is 4.42 Å². The van der Waals surface area contributed by atoms with E-state index in [0.717, 1.165) is 6.42 Å². The van der Waals surface area contributed by atoms with Gasteiger partial charge in [0.15, 0.2) is 11.6 Å². The van der Waals surface area contributed by atoms with Crippen LogP contribution in [0, 0.1) is 11.7 Å². The largest absolute Gasteiger partial charge is 0.448 e. The van der Waals surface area contributed by atoms with Crippen LogP contribution in [-0.2, 0) is 6.42 Å². The molecule has 1 aromatic heterocycles. The summed E-state index contributed by atoms with van der Waals surface area (Å²) in [5.74, 6) is 0.573. The Bertz CT molecular complexity index is 756. The first kappa shape index (κ1) is 15.3. The van der Waals surface area contributed by atoms with Crippen molar-refractivity contribution < 1.29 is 18.7 Å². The molecule has 2 fully saturated rings. The maximum atomic E-state index is 13.5. The Labute approximate surface area is 139 Å². The topological polar surface area (TPSA) is 66.6 Å². The number of aliphatic hydroxyl groups is 1. The average Bonchev–Trinajstić information content (AvgIpc) is 3.09. The van der Waals surface area contributed by atoms with E-state index in [1.165, 1.54) is 31.2 Å². The van der Waals surface area contributed by atoms with Gasteiger partial charge in [0.1, 0.15) is 12.1 Å². The van der Waals surface area contributed by atoms with Gasteiger partial charge in [-0.15, -0.1) is 0 Å². The van der Waals surface area contributed by atoms with E-state index in [0.29, 0.717) is 23.8 Å². The standard InChI is InChI=1S/C18H19FN2O3/c19-13-3-1-2-12(7-13)16-8-14(22)9-21(16)18(23)15-10-24-17(20-15)6-11-4-5-11/h1-3,7,10-11,14,16,22H,4-6,8-9H2. The number of hydrogen-bond donors (Lipinski definition) is 1. The Hall–Kier alpha value is -2.21. The van der Waals surface area contributed by atoms with Crippen molar-refractivity contribution in [3.05, 3.63) is 53.5 Å². The van der Waals surface area contributed by atoms with Gasteiger partial charge in [-0.3, -0.25) is 4.79 Å². The van der Waals surface area contributed by atoms with Crippen molar-refractivity contribution in [2.24, 2.45) is 5.92 Å². The third-order valence-corrected chi connectivity index (χ3v) is 4.70. The van der Waals surface area contributed by atoms with Gasteiger partial charge < -0.3 is 14.4 Å². The monoisotopic (exact) mass is 330 g/mol. The van der Waals surface area contributed by atoms with Gasteiger partial charge in [-0.2, -0.15) is 0 Å². The predicted octanol–water partition coefficient (Wildman–Crippen LogP) is 2.71. The minimum Gasteiger partial charge on any atom is -0.448 e. The van der Waals surface area contributed by atoms with Gasteiger partial charge in [-0.05, 0) is 42.9 Å². The number of aliphatic hydroxyl groups excluding tert-OH is 1. The third kappa shape index (κ3) is 3.06. The molecule has 0 radical (unpaired) electrons. The fourth-order valence-electron chi connectivity index (χ4n) is 3.29. The summed E-state index contributed by atoms with van der Waals surface area (Å²) in [7, 11) is 0. The van der Waals surface area contributed by atoms with Crippen molar-refractivity contribution in [2.45, 2.75) is 37.8 Å². The second-order valence-corrected chi connectivity index (χ2v) is 6.69. The lowest BCUT2D eigenvalue weighted by Crippen LogP contribution is -2.32. The van der Waals surface area contributed by atoms with Crippen molar-refractivity contribution in [1.29, 1.82) is 0 Å². The zero-order chi connectivity index (χ0) is 16.7. The minimum absolute atomic E-state index is 0.213. The molecule has 1 N–H and O–H groups in total. The number of oxazole rings is 1. The van der Waals surface area contributed by atoms with Crippen LogP contribution in [0.2, 0.25) is 0 Å². The zero-order valence-electron chi connectivity index (χ0n) is 13.2. The number of likely N-dealkylation sites (tertiary alicyclic amines) is 1. The second-order valence-electron chi connectivity index (χ2n) is 6.69. The van der Waals surface area contributed by atoms with Crippen molar-refractivity contribution in [3.8, 4) is 0 Å². The van der Waals surface area contributed by atoms with Crippen molar-refractivity contribution in [1.82, 2.24) is 9.88 Å². The predicted molar refractivity (Wildman–Crippen MR) is 83.7 cm³/mol. The molecule has 2 heterocycles. The van der Waals surface area contributed by atoms with Gasteiger partial charge in [0.2, 0.25) is 0 Å². The van der Waals surface area contributed by atoms with E-state index in [9.17, 15) is 14.3 Å². The maximum absolute atomic E-state index is 13.5. The third-order valence-electron chi connectivity index (χ3n) is 4.70. The molecule has 1 aliphatic carbocycles. The molecule has 1 aromatic carbocycles. The fourth-order valence-corrected chi connectivity index (χ4v) is 3.29. The number of halogens is 1. The lowest BCUT2D eigenvalue weighted by molar-refractivity contribution is 0.0709. The highest BCUT2D eigenvalue weighted by molar-refractivity contribution is 5.92. The van der Waals surface area contributed by atoms with Crippen molar-refractivity contribution in [3.63, 3.8) is 0 Å². The Morgan fingerprint density at radius 1 is 1.42 bits per heavy atom. The van der Waals surface area contributed by atoms with Gasteiger partial charge >= 0.3 is 0 Å². The summed E-state index contributed by atoms with van der Waals surface area (Å²) in [6.07, 6.45) is 4.29. The highest BCUT2D eigenvalue weighted by Gasteiger charge is 2.37. The normalized spacial score (nSPS) is 23.7. The summed E-state index contributed by atoms with van der Waals surface area (Å²) >= 11 is 0. The first-order valence-corrected chi connectivity index (χ1v) is 8.29. The van der Waals surface area contributed by atoms with Crippen LogP contribution in [0.5, 0.6) is 0 Å². The molecule has 6 heteroatoms. The molecular weight excluding hydrogens is 311 g/mol. The summed E-state index contributed by atoms with van der Waals surface area (Å²) in [6, 6.07) is 5.80. The molecule has 126 valence electrons. The summed E-state index contributed by atoms with van der Waals surface area (Å²) in [5, 5.41) is 10.00. The quantitative estimate of drug-likeness (QED) is 0.936. The van der Waals surface area contributed by atoms with E-state index in [1.54, 1.807) is 17.0 Å². The lowest BCUT2D eigenvalue weighted by Gasteiger charge is -2.23. The van der Waals surface area contributed by atoms with Crippen LogP contribution in [0.4, 0.5) is 4.39 Å². The van der Waals surface area contributed by atoms with Crippen LogP contribution in [0.3, 0.4) is 0 Å². The number of carbonyl (C=O) groups excluding carboxylic acids is 1. The lowest BCUT2D eigenvalue weighted by atomic mass is 10.0. The summed E-state index contributed by atoms with van der Waals surface area (Å²) in [6.45, 7) is 0.213. The van der Waals surface area contributed by atoms with E-state index in [1.807, 2.05) is 0 Å². The molecule has 1 aliphatic heterocycles. The molecule has 4 rings (SSSR count). The Balaban J connectivity index is 1.56. The fraction of sp³-hybridized carbons (Fsp3) is 0.444. The van der Waals surface area contributed by atoms with Gasteiger partial charge in [0.25, 0.3) is 5.91 Å². The number of hydrogen-bond acceptors (Lipinski definition) is 4. The highest BCUT2D eigenvalue weighted by Crippen LogP contribution is 2.34. The van der Waals surface area contributed by atoms with Crippen LogP contribution in [0.25, 0.3) is 0 Å². The van der Waals surface area contributed by atoms with Crippen LogP contribution in [-0.4, -0.2) is 33.5 Å². The zero-order valence-corrected chi connectivity index (χ0v) is 13.2. The maximum Gasteiger partial charge on any atom is 0.276 e. The number of nitrogens with zero attached hydrogens (tertiary/aromatic N) is 2. The van der Waals surface area contributed by atoms with E-state index >= 15 is 0 Å². The molecular formula is C18H19FN2O3. The number of benzene rings is 1. The Morgan fingerprint density at radius 2 is 2.25 bits per heavy atom. The molecule has 1 saturated carbocycles. The average molecular weight is 330 g/mol. The Morgan fingerprint density at radius 3 is 3.00 bits per heavy atom. The number of carbonyl (C=O) groups is 1. The van der Waals surface area contributed by atoms with E-state index in [-0.39, 0.29) is 30.0 Å². The van der Waals surface area contributed by atoms with Crippen molar-refractivity contribution in [2.75, 3.05) is 6.54 Å². The first-order chi connectivity index (χ1) is 11.6. The van der Waals surface area contributed by atoms with Gasteiger partial charge in [0.05, 0.1) is 12.1 Å². The van der Waals surface area contributed by atoms with Gasteiger partial charge in [-0.25, -0.2) is 9.37 Å². The molecule has 2 atom stereocenters. The van der Waals surface area contributed by atoms with Crippen LogP contribution >= 0.6 is 0 Å². The molecule has 5 nitrogen and oxygen atoms in total. The highest BCUT2D eigenvalue weighted by atomic mass is 19.1. The number of rotatable bonds is 4. The van der Waals surface area contributed by atoms with Gasteiger partial charge in [0, 0.05) is 13.0 Å². The molecule has 0 bridgehead atoms. The van der Waals surface area contributed by atoms with Crippen LogP contribution in [0.1, 0.15) is 47.2 Å². The molecule has 2 unspecified atom stereocenters. The number of amides is 1. The summed E-state index contributed by atoms with van der Waals surface area (Å²) in [4.78, 5) is 18.6. The second kappa shape index (κ2) is 6.02. The summed E-state index contributed by atoms with van der Waals surface area (Å²) < 4.78 is 18.9. The van der Waals surface area contributed by atoms with Crippen LogP contribution in [0.15, 0.2) is 34.9 Å². The van der Waals surface area contributed by atoms with E-state index < -0.39 is 6.10 Å². The van der Waals surface area contributed by atoms with E-state index in [2.05, 4.69) is 4.98 Å². The van der Waals surface area contributed by atoms with Crippen LogP contribution < -0.4 is 0 Å². The van der Waals surface area contributed by atoms with Crippen molar-refractivity contribution >= 4 is 5.91 Å². The van der Waals surface area contributed by atoms with Gasteiger partial charge in [-0.1, -0.05) is 12.1 Å². The first-order valence-electron chi connectivity index (χ1n) is 8.29. The molecule has 1 saturated heterocycles. The molecule has 24 heavy (non-hydrogen) atoms. The summed E-state index contributed by atoms with van der Waals surface area (Å²) in [5.41, 5.74) is 0.933. The molecule has 0 spiro atoms.